The Hall–Kier alpha value is -1.89. The van der Waals surface area contributed by atoms with E-state index < -0.39 is 0 Å². The Kier molecular flexibility index (Phi) is 3.61. The molecule has 0 aliphatic heterocycles. The maximum absolute atomic E-state index is 5.78. The van der Waals surface area contributed by atoms with Gasteiger partial charge in [0.25, 0.3) is 0 Å². The van der Waals surface area contributed by atoms with Gasteiger partial charge in [-0.3, -0.25) is 0 Å². The van der Waals surface area contributed by atoms with E-state index in [1.54, 1.807) is 13.2 Å². The van der Waals surface area contributed by atoms with Gasteiger partial charge in [-0.2, -0.15) is 15.0 Å². The number of aryl methyl sites for hydroxylation is 1. The number of hydrogen-bond acceptors (Lipinski definition) is 7. The lowest BCUT2D eigenvalue weighted by Crippen LogP contribution is -2.11. The van der Waals surface area contributed by atoms with Gasteiger partial charge in [0.15, 0.2) is 0 Å². The second-order valence-electron chi connectivity index (χ2n) is 3.68. The number of nitrogens with zero attached hydrogens (tertiary/aromatic N) is 4. The maximum Gasteiger partial charge on any atom is 0.229 e. The normalized spacial score (nSPS) is 12.2. The molecule has 1 atom stereocenters. The van der Waals surface area contributed by atoms with Crippen LogP contribution in [0, 0.1) is 6.92 Å². The summed E-state index contributed by atoms with van der Waals surface area (Å²) < 4.78 is 5.41. The van der Waals surface area contributed by atoms with E-state index >= 15 is 0 Å². The Morgan fingerprint density at radius 3 is 2.61 bits per heavy atom. The highest BCUT2D eigenvalue weighted by Crippen LogP contribution is 2.18. The molecule has 8 heteroatoms. The van der Waals surface area contributed by atoms with Crippen molar-refractivity contribution in [3.8, 4) is 0 Å². The molecule has 0 saturated heterocycles. The van der Waals surface area contributed by atoms with Gasteiger partial charge in [-0.25, -0.2) is 4.98 Å². The summed E-state index contributed by atoms with van der Waals surface area (Å²) >= 11 is 5.78. The molecule has 2 heterocycles. The van der Waals surface area contributed by atoms with Crippen LogP contribution in [-0.2, 0) is 0 Å². The Bertz CT molecular complexity index is 543. The van der Waals surface area contributed by atoms with E-state index in [0.717, 1.165) is 5.76 Å². The zero-order valence-corrected chi connectivity index (χ0v) is 11.0. The van der Waals surface area contributed by atoms with Gasteiger partial charge >= 0.3 is 0 Å². The molecule has 2 aromatic heterocycles. The average molecular weight is 269 g/mol. The summed E-state index contributed by atoms with van der Waals surface area (Å²) in [6.45, 7) is 3.73. The number of anilines is 2. The van der Waals surface area contributed by atoms with E-state index in [1.165, 1.54) is 0 Å². The van der Waals surface area contributed by atoms with Gasteiger partial charge in [-0.1, -0.05) is 0 Å². The first-order valence-corrected chi connectivity index (χ1v) is 5.74. The minimum absolute atomic E-state index is 0.118. The van der Waals surface area contributed by atoms with E-state index in [9.17, 15) is 0 Å². The molecule has 96 valence electrons. The third kappa shape index (κ3) is 2.86. The SMILES string of the molecule is CNc1nc(Cl)nc(NC(C)c2ncc(C)o2)n1. The van der Waals surface area contributed by atoms with E-state index in [1.807, 2.05) is 13.8 Å². The van der Waals surface area contributed by atoms with Crippen LogP contribution < -0.4 is 10.6 Å². The molecule has 7 nitrogen and oxygen atoms in total. The van der Waals surface area contributed by atoms with Crippen molar-refractivity contribution in [2.24, 2.45) is 0 Å². The predicted molar refractivity (Wildman–Crippen MR) is 67.7 cm³/mol. The summed E-state index contributed by atoms with van der Waals surface area (Å²) in [6.07, 6.45) is 1.66. The third-order valence-electron chi connectivity index (χ3n) is 2.19. The number of aromatic nitrogens is 4. The highest BCUT2D eigenvalue weighted by molar-refractivity contribution is 6.28. The molecular weight excluding hydrogens is 256 g/mol. The number of hydrogen-bond donors (Lipinski definition) is 2. The molecule has 0 aromatic carbocycles. The molecule has 0 spiro atoms. The molecule has 0 saturated carbocycles. The second-order valence-corrected chi connectivity index (χ2v) is 4.01. The first-order valence-electron chi connectivity index (χ1n) is 5.36. The minimum atomic E-state index is -0.165. The molecular formula is C10H13ClN6O. The summed E-state index contributed by atoms with van der Waals surface area (Å²) in [4.78, 5) is 16.1. The molecule has 2 rings (SSSR count). The number of oxazole rings is 1. The molecule has 0 fully saturated rings. The van der Waals surface area contributed by atoms with Crippen molar-refractivity contribution in [1.82, 2.24) is 19.9 Å². The first kappa shape index (κ1) is 12.6. The van der Waals surface area contributed by atoms with Gasteiger partial charge in [0, 0.05) is 7.05 Å². The topological polar surface area (TPSA) is 88.8 Å². The van der Waals surface area contributed by atoms with Gasteiger partial charge in [0.1, 0.15) is 11.8 Å². The molecule has 0 aliphatic rings. The van der Waals surface area contributed by atoms with Crippen LogP contribution >= 0.6 is 11.6 Å². The fraction of sp³-hybridized carbons (Fsp3) is 0.400. The molecule has 2 N–H and O–H groups in total. The van der Waals surface area contributed by atoms with Crippen LogP contribution in [0.2, 0.25) is 5.28 Å². The lowest BCUT2D eigenvalue weighted by atomic mass is 10.3. The summed E-state index contributed by atoms with van der Waals surface area (Å²) in [5, 5.41) is 5.96. The van der Waals surface area contributed by atoms with Crippen molar-refractivity contribution in [2.75, 3.05) is 17.7 Å². The van der Waals surface area contributed by atoms with E-state index in [0.29, 0.717) is 17.8 Å². The predicted octanol–water partition coefficient (Wildman–Crippen LogP) is 2.04. The van der Waals surface area contributed by atoms with Crippen LogP contribution in [0.5, 0.6) is 0 Å². The largest absolute Gasteiger partial charge is 0.444 e. The maximum atomic E-state index is 5.78. The quantitative estimate of drug-likeness (QED) is 0.877. The highest BCUT2D eigenvalue weighted by Gasteiger charge is 2.13. The van der Waals surface area contributed by atoms with Crippen molar-refractivity contribution < 1.29 is 4.42 Å². The summed E-state index contributed by atoms with van der Waals surface area (Å²) in [6, 6.07) is -0.165. The van der Waals surface area contributed by atoms with E-state index in [4.69, 9.17) is 16.0 Å². The van der Waals surface area contributed by atoms with Gasteiger partial charge in [-0.15, -0.1) is 0 Å². The molecule has 2 aromatic rings. The number of halogens is 1. The third-order valence-corrected chi connectivity index (χ3v) is 2.36. The van der Waals surface area contributed by atoms with Crippen LogP contribution in [0.4, 0.5) is 11.9 Å². The van der Waals surface area contributed by atoms with Crippen molar-refractivity contribution in [3.05, 3.63) is 23.1 Å². The summed E-state index contributed by atoms with van der Waals surface area (Å²) in [5.41, 5.74) is 0. The van der Waals surface area contributed by atoms with Gasteiger partial charge in [0.2, 0.25) is 23.1 Å². The highest BCUT2D eigenvalue weighted by atomic mass is 35.5. The zero-order chi connectivity index (χ0) is 13.1. The zero-order valence-electron chi connectivity index (χ0n) is 10.2. The standard InChI is InChI=1S/C10H13ClN6O/c1-5-4-13-7(18-5)6(2)14-10-16-8(11)15-9(12-3)17-10/h4,6H,1-3H3,(H2,12,14,15,16,17). The van der Waals surface area contributed by atoms with Crippen LogP contribution in [-0.4, -0.2) is 27.0 Å². The second kappa shape index (κ2) is 5.18. The average Bonchev–Trinajstić information content (AvgIpc) is 2.75. The summed E-state index contributed by atoms with van der Waals surface area (Å²) in [5.74, 6) is 2.08. The summed E-state index contributed by atoms with van der Waals surface area (Å²) in [7, 11) is 1.70. The van der Waals surface area contributed by atoms with Crippen molar-refractivity contribution in [2.45, 2.75) is 19.9 Å². The van der Waals surface area contributed by atoms with Gasteiger partial charge in [0.05, 0.1) is 6.20 Å². The van der Waals surface area contributed by atoms with Gasteiger partial charge in [-0.05, 0) is 25.4 Å². The molecule has 0 aliphatic carbocycles. The Morgan fingerprint density at radius 1 is 1.28 bits per heavy atom. The Balaban J connectivity index is 2.16. The smallest absolute Gasteiger partial charge is 0.229 e. The van der Waals surface area contributed by atoms with E-state index in [2.05, 4.69) is 30.6 Å². The molecule has 0 amide bonds. The Morgan fingerprint density at radius 2 is 2.00 bits per heavy atom. The van der Waals surface area contributed by atoms with Gasteiger partial charge < -0.3 is 15.1 Å². The lowest BCUT2D eigenvalue weighted by molar-refractivity contribution is 0.453. The molecule has 0 radical (unpaired) electrons. The molecule has 18 heavy (non-hydrogen) atoms. The fourth-order valence-corrected chi connectivity index (χ4v) is 1.51. The number of nitrogens with one attached hydrogen (secondary N) is 2. The molecule has 0 bridgehead atoms. The van der Waals surface area contributed by atoms with Crippen molar-refractivity contribution >= 4 is 23.5 Å². The van der Waals surface area contributed by atoms with Crippen LogP contribution in [0.1, 0.15) is 24.6 Å². The minimum Gasteiger partial charge on any atom is -0.444 e. The monoisotopic (exact) mass is 268 g/mol. The number of rotatable bonds is 4. The fourth-order valence-electron chi connectivity index (χ4n) is 1.35. The van der Waals surface area contributed by atoms with Crippen molar-refractivity contribution in [3.63, 3.8) is 0 Å². The lowest BCUT2D eigenvalue weighted by Gasteiger charge is -2.10. The van der Waals surface area contributed by atoms with Crippen LogP contribution in [0.15, 0.2) is 10.6 Å². The Labute approximate surface area is 109 Å². The molecule has 1 unspecified atom stereocenters. The van der Waals surface area contributed by atoms with Crippen molar-refractivity contribution in [1.29, 1.82) is 0 Å². The van der Waals surface area contributed by atoms with E-state index in [-0.39, 0.29) is 11.3 Å². The van der Waals surface area contributed by atoms with Crippen LogP contribution in [0.3, 0.4) is 0 Å². The van der Waals surface area contributed by atoms with Crippen LogP contribution in [0.25, 0.3) is 0 Å². The first-order chi connectivity index (χ1) is 8.58.